The Morgan fingerprint density at radius 1 is 1.17 bits per heavy atom. The maximum Gasteiger partial charge on any atom is 0.262 e. The highest BCUT2D eigenvalue weighted by molar-refractivity contribution is 6.48. The minimum atomic E-state index is 0.487. The fourth-order valence-electron chi connectivity index (χ4n) is 1.08. The van der Waals surface area contributed by atoms with E-state index in [-0.39, 0.29) is 0 Å². The highest BCUT2D eigenvalue weighted by atomic mass is 15.4. The second-order valence-corrected chi connectivity index (χ2v) is 2.47. The van der Waals surface area contributed by atoms with Crippen molar-refractivity contribution in [3.05, 3.63) is 36.6 Å². The van der Waals surface area contributed by atoms with Crippen molar-refractivity contribution in [2.24, 2.45) is 5.10 Å². The largest absolute Gasteiger partial charge is 0.294 e. The molecule has 0 amide bonds. The molecule has 12 heavy (non-hydrogen) atoms. The monoisotopic (exact) mass is 158 g/mol. The topological polar surface area (TPSA) is 39.2 Å². The first-order chi connectivity index (χ1) is 5.88. The molecule has 0 unspecified atom stereocenters. The first-order valence-electron chi connectivity index (χ1n) is 3.68. The summed E-state index contributed by atoms with van der Waals surface area (Å²) < 4.78 is 1.68. The van der Waals surface area contributed by atoms with Gasteiger partial charge in [0, 0.05) is 12.2 Å². The number of hydrazone groups is 1. The lowest BCUT2D eigenvalue weighted by molar-refractivity contribution is -0.454. The third-order valence-corrected chi connectivity index (χ3v) is 1.66. The molecular formula is C9H8N3+. The van der Waals surface area contributed by atoms with Crippen LogP contribution >= 0.6 is 0 Å². The Hall–Kier alpha value is -1.77. The summed E-state index contributed by atoms with van der Waals surface area (Å²) in [7, 11) is 0. The molecule has 0 fully saturated rings. The van der Waals surface area contributed by atoms with E-state index in [4.69, 9.17) is 5.41 Å². The number of nitrogens with one attached hydrogen (secondary N) is 1. The van der Waals surface area contributed by atoms with Gasteiger partial charge in [-0.2, -0.15) is 0 Å². The van der Waals surface area contributed by atoms with Gasteiger partial charge in [0.25, 0.3) is 5.71 Å². The van der Waals surface area contributed by atoms with Crippen LogP contribution in [0.5, 0.6) is 0 Å². The van der Waals surface area contributed by atoms with Crippen molar-refractivity contribution in [3.8, 4) is 0 Å². The van der Waals surface area contributed by atoms with Crippen LogP contribution in [0.1, 0.15) is 0 Å². The smallest absolute Gasteiger partial charge is 0.262 e. The predicted octanol–water partition coefficient (Wildman–Crippen LogP) is 1.10. The molecule has 0 atom stereocenters. The fraction of sp³-hybridized carbons (Fsp3) is 0. The molecule has 58 valence electrons. The van der Waals surface area contributed by atoms with Crippen molar-refractivity contribution in [2.75, 3.05) is 0 Å². The van der Waals surface area contributed by atoms with E-state index in [1.54, 1.807) is 17.0 Å². The Labute approximate surface area is 70.2 Å². The molecule has 1 aliphatic heterocycles. The molecule has 1 N–H and O–H groups in total. The van der Waals surface area contributed by atoms with E-state index in [1.165, 1.54) is 0 Å². The summed E-state index contributed by atoms with van der Waals surface area (Å²) in [5.74, 6) is 0. The van der Waals surface area contributed by atoms with Gasteiger partial charge >= 0.3 is 0 Å². The summed E-state index contributed by atoms with van der Waals surface area (Å²) in [5.41, 5.74) is 1.30. The molecule has 0 aromatic carbocycles. The van der Waals surface area contributed by atoms with Gasteiger partial charge in [-0.25, -0.2) is 0 Å². The zero-order chi connectivity index (χ0) is 8.39. The maximum absolute atomic E-state index is 7.59. The first kappa shape index (κ1) is 6.91. The predicted molar refractivity (Wildman–Crippen MR) is 48.9 cm³/mol. The van der Waals surface area contributed by atoms with Crippen LogP contribution in [0.4, 0.5) is 0 Å². The highest BCUT2D eigenvalue weighted by Gasteiger charge is 2.16. The molecule has 0 bridgehead atoms. The van der Waals surface area contributed by atoms with Gasteiger partial charge in [-0.3, -0.25) is 5.41 Å². The van der Waals surface area contributed by atoms with Crippen molar-refractivity contribution in [3.63, 3.8) is 0 Å². The number of allylic oxidation sites excluding steroid dienone is 5. The summed E-state index contributed by atoms with van der Waals surface area (Å²) in [5, 5.41) is 11.6. The van der Waals surface area contributed by atoms with Crippen LogP contribution in [0.2, 0.25) is 0 Å². The van der Waals surface area contributed by atoms with Crippen LogP contribution in [0.25, 0.3) is 0 Å². The van der Waals surface area contributed by atoms with E-state index in [9.17, 15) is 0 Å². The minimum Gasteiger partial charge on any atom is -0.294 e. The number of hydrogen-bond acceptors (Lipinski definition) is 2. The maximum atomic E-state index is 7.59. The molecule has 0 radical (unpaired) electrons. The Morgan fingerprint density at radius 2 is 2.00 bits per heavy atom. The Morgan fingerprint density at radius 3 is 2.67 bits per heavy atom. The van der Waals surface area contributed by atoms with Gasteiger partial charge in [0.05, 0.1) is 0 Å². The van der Waals surface area contributed by atoms with Gasteiger partial charge in [0.1, 0.15) is 11.9 Å². The van der Waals surface area contributed by atoms with Crippen molar-refractivity contribution in [1.82, 2.24) is 0 Å². The quantitative estimate of drug-likeness (QED) is 0.405. The normalized spacial score (nSPS) is 25.8. The van der Waals surface area contributed by atoms with Crippen LogP contribution in [0, 0.1) is 5.41 Å². The van der Waals surface area contributed by atoms with Crippen LogP contribution in [-0.2, 0) is 0 Å². The second kappa shape index (κ2) is 2.70. The zero-order valence-corrected chi connectivity index (χ0v) is 6.44. The Kier molecular flexibility index (Phi) is 1.55. The van der Waals surface area contributed by atoms with Crippen molar-refractivity contribution in [1.29, 1.82) is 5.41 Å². The third-order valence-electron chi connectivity index (χ3n) is 1.66. The average molecular weight is 158 g/mol. The molecule has 0 aromatic heterocycles. The SMILES string of the molecule is N=C1C=CC=CC1=[N+]1C=CC=N1. The van der Waals surface area contributed by atoms with Gasteiger partial charge in [0.15, 0.2) is 0 Å². The standard InChI is InChI=1S/C9H8N3/c10-8-4-1-2-5-9(8)12-7-3-6-11-12/h1-7,10H/q+1. The summed E-state index contributed by atoms with van der Waals surface area (Å²) >= 11 is 0. The van der Waals surface area contributed by atoms with E-state index < -0.39 is 0 Å². The van der Waals surface area contributed by atoms with Crippen molar-refractivity contribution < 1.29 is 4.68 Å². The molecular weight excluding hydrogens is 150 g/mol. The van der Waals surface area contributed by atoms with Crippen molar-refractivity contribution in [2.45, 2.75) is 0 Å². The second-order valence-electron chi connectivity index (χ2n) is 2.47. The lowest BCUT2D eigenvalue weighted by Crippen LogP contribution is -2.18. The molecule has 0 saturated carbocycles. The van der Waals surface area contributed by atoms with Crippen LogP contribution < -0.4 is 0 Å². The van der Waals surface area contributed by atoms with Crippen LogP contribution in [-0.4, -0.2) is 22.3 Å². The molecule has 0 aromatic rings. The Balaban J connectivity index is 2.47. The van der Waals surface area contributed by atoms with Gasteiger partial charge in [-0.15, -0.1) is 0 Å². The molecule has 0 saturated heterocycles. The summed E-state index contributed by atoms with van der Waals surface area (Å²) in [6.45, 7) is 0. The molecule has 2 rings (SSSR count). The Bertz CT molecular complexity index is 353. The van der Waals surface area contributed by atoms with Crippen LogP contribution in [0.3, 0.4) is 0 Å². The summed E-state index contributed by atoms with van der Waals surface area (Å²) in [4.78, 5) is 0. The van der Waals surface area contributed by atoms with Gasteiger partial charge in [-0.05, 0) is 11.2 Å². The molecule has 3 heteroatoms. The third kappa shape index (κ3) is 1.05. The summed E-state index contributed by atoms with van der Waals surface area (Å²) in [6, 6.07) is 0. The fourth-order valence-corrected chi connectivity index (χ4v) is 1.08. The van der Waals surface area contributed by atoms with Crippen LogP contribution in [0.15, 0.2) is 41.7 Å². The van der Waals surface area contributed by atoms with E-state index in [0.29, 0.717) is 5.71 Å². The first-order valence-corrected chi connectivity index (χ1v) is 3.68. The van der Waals surface area contributed by atoms with Gasteiger partial charge in [0.2, 0.25) is 6.20 Å². The summed E-state index contributed by atoms with van der Waals surface area (Å²) in [6.07, 6.45) is 12.7. The number of hydrogen-bond donors (Lipinski definition) is 1. The van der Waals surface area contributed by atoms with E-state index in [0.717, 1.165) is 5.71 Å². The van der Waals surface area contributed by atoms with E-state index >= 15 is 0 Å². The number of rotatable bonds is 0. The minimum absolute atomic E-state index is 0.487. The van der Waals surface area contributed by atoms with Crippen molar-refractivity contribution >= 4 is 17.6 Å². The molecule has 2 aliphatic rings. The highest BCUT2D eigenvalue weighted by Crippen LogP contribution is 1.99. The lowest BCUT2D eigenvalue weighted by atomic mass is 10.1. The zero-order valence-electron chi connectivity index (χ0n) is 6.44. The molecule has 1 heterocycles. The molecule has 1 aliphatic carbocycles. The molecule has 0 spiro atoms. The van der Waals surface area contributed by atoms with E-state index in [1.807, 2.05) is 30.5 Å². The molecule has 3 nitrogen and oxygen atoms in total. The number of nitrogens with zero attached hydrogens (tertiary/aromatic N) is 2. The van der Waals surface area contributed by atoms with Gasteiger partial charge < -0.3 is 0 Å². The van der Waals surface area contributed by atoms with E-state index in [2.05, 4.69) is 5.10 Å². The lowest BCUT2D eigenvalue weighted by Gasteiger charge is -1.96. The van der Waals surface area contributed by atoms with Gasteiger partial charge in [-0.1, -0.05) is 16.8 Å². The average Bonchev–Trinajstić information content (AvgIpc) is 2.57.